The molecule has 0 saturated heterocycles. The Hall–Kier alpha value is -2.57. The first kappa shape index (κ1) is 11.5. The normalized spacial score (nSPS) is 14.0. The molecule has 3 rings (SSSR count). The summed E-state index contributed by atoms with van der Waals surface area (Å²) in [6.07, 6.45) is 6.59. The van der Waals surface area contributed by atoms with E-state index in [1.807, 2.05) is 0 Å². The van der Waals surface area contributed by atoms with E-state index in [4.69, 9.17) is 5.73 Å². The molecule has 0 aliphatic carbocycles. The summed E-state index contributed by atoms with van der Waals surface area (Å²) in [6.45, 7) is 1.01. The zero-order valence-corrected chi connectivity index (χ0v) is 10.2. The molecule has 0 unspecified atom stereocenters. The Bertz CT molecular complexity index is 615. The van der Waals surface area contributed by atoms with E-state index in [0.29, 0.717) is 31.0 Å². The lowest BCUT2D eigenvalue weighted by Crippen LogP contribution is -2.37. The molecule has 1 aliphatic rings. The highest BCUT2D eigenvalue weighted by atomic mass is 16.2. The number of rotatable bonds is 1. The van der Waals surface area contributed by atoms with Gasteiger partial charge in [-0.1, -0.05) is 0 Å². The van der Waals surface area contributed by atoms with Gasteiger partial charge in [0.25, 0.3) is 5.91 Å². The molecule has 0 spiro atoms. The number of nitrogen functional groups attached to an aromatic ring is 1. The molecular weight excluding hydrogens is 244 g/mol. The Morgan fingerprint density at radius 3 is 2.95 bits per heavy atom. The van der Waals surface area contributed by atoms with Crippen LogP contribution in [0.4, 0.5) is 5.82 Å². The van der Waals surface area contributed by atoms with Gasteiger partial charge in [-0.15, -0.1) is 0 Å². The van der Waals surface area contributed by atoms with Gasteiger partial charge in [0.1, 0.15) is 17.8 Å². The molecule has 96 valence electrons. The number of nitrogens with two attached hydrogens (primary N) is 1. The second-order valence-electron chi connectivity index (χ2n) is 4.25. The van der Waals surface area contributed by atoms with Gasteiger partial charge in [-0.3, -0.25) is 9.78 Å². The quantitative estimate of drug-likeness (QED) is 0.774. The van der Waals surface area contributed by atoms with Crippen molar-refractivity contribution in [2.45, 2.75) is 13.0 Å². The highest BCUT2D eigenvalue weighted by Crippen LogP contribution is 2.21. The van der Waals surface area contributed by atoms with Crippen LogP contribution in [0.1, 0.15) is 21.7 Å². The van der Waals surface area contributed by atoms with E-state index in [-0.39, 0.29) is 5.91 Å². The van der Waals surface area contributed by atoms with Gasteiger partial charge in [0, 0.05) is 24.5 Å². The van der Waals surface area contributed by atoms with Crippen LogP contribution < -0.4 is 5.73 Å². The molecule has 1 amide bonds. The fourth-order valence-electron chi connectivity index (χ4n) is 2.12. The van der Waals surface area contributed by atoms with E-state index in [1.54, 1.807) is 4.90 Å². The summed E-state index contributed by atoms with van der Waals surface area (Å²) in [5.74, 6) is 0.354. The Morgan fingerprint density at radius 2 is 2.16 bits per heavy atom. The minimum atomic E-state index is -0.143. The van der Waals surface area contributed by atoms with Gasteiger partial charge in [-0.2, -0.15) is 0 Å². The third-order valence-corrected chi connectivity index (χ3v) is 3.11. The van der Waals surface area contributed by atoms with Crippen molar-refractivity contribution in [1.82, 2.24) is 24.8 Å². The average molecular weight is 256 g/mol. The molecule has 7 heteroatoms. The number of carbonyl (C=O) groups is 1. The minimum absolute atomic E-state index is 0.143. The van der Waals surface area contributed by atoms with Crippen molar-refractivity contribution in [2.24, 2.45) is 0 Å². The molecule has 0 aromatic carbocycles. The largest absolute Gasteiger partial charge is 0.383 e. The van der Waals surface area contributed by atoms with Crippen molar-refractivity contribution in [3.63, 3.8) is 0 Å². The van der Waals surface area contributed by atoms with E-state index in [1.165, 1.54) is 24.9 Å². The summed E-state index contributed by atoms with van der Waals surface area (Å²) in [7, 11) is 0. The molecule has 0 fully saturated rings. The third-order valence-electron chi connectivity index (χ3n) is 3.11. The second kappa shape index (κ2) is 4.60. The van der Waals surface area contributed by atoms with Crippen LogP contribution in [-0.4, -0.2) is 37.3 Å². The van der Waals surface area contributed by atoms with Gasteiger partial charge in [-0.25, -0.2) is 15.0 Å². The number of carbonyl (C=O) groups excluding carboxylic acids is 1. The maximum absolute atomic E-state index is 12.2. The van der Waals surface area contributed by atoms with E-state index in [2.05, 4.69) is 19.9 Å². The SMILES string of the molecule is Nc1ncnc2c1CCN(C(=O)c1cnccn1)C2. The first-order chi connectivity index (χ1) is 9.25. The van der Waals surface area contributed by atoms with Crippen molar-refractivity contribution in [3.8, 4) is 0 Å². The highest BCUT2D eigenvalue weighted by molar-refractivity contribution is 5.92. The monoisotopic (exact) mass is 256 g/mol. The molecule has 1 aliphatic heterocycles. The summed E-state index contributed by atoms with van der Waals surface area (Å²) in [6, 6.07) is 0. The second-order valence-corrected chi connectivity index (χ2v) is 4.25. The maximum Gasteiger partial charge on any atom is 0.274 e. The molecule has 2 aromatic rings. The Morgan fingerprint density at radius 1 is 1.26 bits per heavy atom. The number of hydrogen-bond acceptors (Lipinski definition) is 6. The molecule has 7 nitrogen and oxygen atoms in total. The van der Waals surface area contributed by atoms with Crippen LogP contribution in [0, 0.1) is 0 Å². The minimum Gasteiger partial charge on any atom is -0.383 e. The summed E-state index contributed by atoms with van der Waals surface area (Å²) in [5, 5.41) is 0. The first-order valence-electron chi connectivity index (χ1n) is 5.89. The van der Waals surface area contributed by atoms with Crippen molar-refractivity contribution < 1.29 is 4.79 Å². The topological polar surface area (TPSA) is 97.9 Å². The van der Waals surface area contributed by atoms with Gasteiger partial charge in [-0.05, 0) is 6.42 Å². The number of fused-ring (bicyclic) bond motifs is 1. The molecule has 0 radical (unpaired) electrons. The summed E-state index contributed by atoms with van der Waals surface area (Å²) >= 11 is 0. The van der Waals surface area contributed by atoms with Crippen LogP contribution in [0.5, 0.6) is 0 Å². The van der Waals surface area contributed by atoms with Crippen LogP contribution in [0.3, 0.4) is 0 Å². The van der Waals surface area contributed by atoms with Gasteiger partial charge >= 0.3 is 0 Å². The molecule has 0 atom stereocenters. The fraction of sp³-hybridized carbons (Fsp3) is 0.250. The molecule has 3 heterocycles. The number of hydrogen-bond donors (Lipinski definition) is 1. The van der Waals surface area contributed by atoms with E-state index >= 15 is 0 Å². The number of amides is 1. The molecule has 2 aromatic heterocycles. The molecule has 19 heavy (non-hydrogen) atoms. The Labute approximate surface area is 109 Å². The van der Waals surface area contributed by atoms with E-state index < -0.39 is 0 Å². The summed E-state index contributed by atoms with van der Waals surface area (Å²) in [5.41, 5.74) is 7.88. The third kappa shape index (κ3) is 2.10. The van der Waals surface area contributed by atoms with Crippen molar-refractivity contribution >= 4 is 11.7 Å². The van der Waals surface area contributed by atoms with Crippen LogP contribution in [0.2, 0.25) is 0 Å². The Kier molecular flexibility index (Phi) is 2.79. The standard InChI is InChI=1S/C12H12N6O/c13-11-8-1-4-18(6-10(8)16-7-17-11)12(19)9-5-14-2-3-15-9/h2-3,5,7H,1,4,6H2,(H2,13,16,17). The molecule has 0 saturated carbocycles. The van der Waals surface area contributed by atoms with Gasteiger partial charge in [0.15, 0.2) is 0 Å². The Balaban J connectivity index is 1.85. The van der Waals surface area contributed by atoms with Crippen LogP contribution in [0.25, 0.3) is 0 Å². The smallest absolute Gasteiger partial charge is 0.274 e. The number of aromatic nitrogens is 4. The van der Waals surface area contributed by atoms with E-state index in [0.717, 1.165) is 11.3 Å². The predicted octanol–water partition coefficient (Wildman–Crippen LogP) is 0.0473. The van der Waals surface area contributed by atoms with Crippen LogP contribution in [0.15, 0.2) is 24.9 Å². The van der Waals surface area contributed by atoms with Crippen molar-refractivity contribution in [1.29, 1.82) is 0 Å². The zero-order valence-electron chi connectivity index (χ0n) is 10.2. The lowest BCUT2D eigenvalue weighted by atomic mass is 10.1. The molecular formula is C12H12N6O. The van der Waals surface area contributed by atoms with Crippen LogP contribution in [-0.2, 0) is 13.0 Å². The maximum atomic E-state index is 12.2. The van der Waals surface area contributed by atoms with Gasteiger partial charge in [0.2, 0.25) is 0 Å². The lowest BCUT2D eigenvalue weighted by Gasteiger charge is -2.27. The van der Waals surface area contributed by atoms with E-state index in [9.17, 15) is 4.79 Å². The highest BCUT2D eigenvalue weighted by Gasteiger charge is 2.24. The predicted molar refractivity (Wildman–Crippen MR) is 66.9 cm³/mol. The number of anilines is 1. The molecule has 0 bridgehead atoms. The first-order valence-corrected chi connectivity index (χ1v) is 5.89. The van der Waals surface area contributed by atoms with Crippen molar-refractivity contribution in [3.05, 3.63) is 41.9 Å². The van der Waals surface area contributed by atoms with Crippen molar-refractivity contribution in [2.75, 3.05) is 12.3 Å². The van der Waals surface area contributed by atoms with Gasteiger partial charge < -0.3 is 10.6 Å². The molecule has 2 N–H and O–H groups in total. The average Bonchev–Trinajstić information content (AvgIpc) is 2.47. The summed E-state index contributed by atoms with van der Waals surface area (Å²) < 4.78 is 0. The lowest BCUT2D eigenvalue weighted by molar-refractivity contribution is 0.0725. The van der Waals surface area contributed by atoms with Gasteiger partial charge in [0.05, 0.1) is 18.4 Å². The summed E-state index contributed by atoms with van der Waals surface area (Å²) in [4.78, 5) is 30.0. The van der Waals surface area contributed by atoms with Crippen LogP contribution >= 0.6 is 0 Å². The zero-order chi connectivity index (χ0) is 13.2. The number of nitrogens with zero attached hydrogens (tertiary/aromatic N) is 5. The fourth-order valence-corrected chi connectivity index (χ4v) is 2.12.